The summed E-state index contributed by atoms with van der Waals surface area (Å²) in [6.45, 7) is 0. The van der Waals surface area contributed by atoms with Gasteiger partial charge in [0.1, 0.15) is 18.3 Å². The van der Waals surface area contributed by atoms with Crippen molar-refractivity contribution in [2.75, 3.05) is 5.32 Å². The molecule has 1 aromatic carbocycles. The molecule has 0 aliphatic carbocycles. The quantitative estimate of drug-likeness (QED) is 0.570. The van der Waals surface area contributed by atoms with Gasteiger partial charge in [0.05, 0.1) is 11.3 Å². The Hall–Kier alpha value is -4.02. The van der Waals surface area contributed by atoms with Crippen molar-refractivity contribution in [3.8, 4) is 11.5 Å². The molecule has 1 amide bonds. The van der Waals surface area contributed by atoms with Gasteiger partial charge in [0.25, 0.3) is 5.91 Å². The van der Waals surface area contributed by atoms with Crippen molar-refractivity contribution in [2.45, 2.75) is 6.18 Å². The first-order valence-electron chi connectivity index (χ1n) is 8.26. The third-order valence-electron chi connectivity index (χ3n) is 3.93. The van der Waals surface area contributed by atoms with E-state index in [4.69, 9.17) is 0 Å². The van der Waals surface area contributed by atoms with Crippen molar-refractivity contribution in [1.82, 2.24) is 29.5 Å². The number of aromatic nitrogens is 6. The van der Waals surface area contributed by atoms with Crippen molar-refractivity contribution in [3.63, 3.8) is 0 Å². The lowest BCUT2D eigenvalue weighted by molar-refractivity contribution is -0.137. The zero-order valence-corrected chi connectivity index (χ0v) is 14.6. The molecule has 0 aliphatic rings. The van der Waals surface area contributed by atoms with Crippen LogP contribution in [0.3, 0.4) is 0 Å². The number of hydrogen-bond acceptors (Lipinski definition) is 5. The maximum Gasteiger partial charge on any atom is 0.418 e. The fourth-order valence-electron chi connectivity index (χ4n) is 2.65. The number of amides is 1. The van der Waals surface area contributed by atoms with E-state index < -0.39 is 17.6 Å². The molecule has 4 aromatic rings. The smallest absolute Gasteiger partial charge is 0.321 e. The van der Waals surface area contributed by atoms with Crippen LogP contribution in [0.2, 0.25) is 0 Å². The third kappa shape index (κ3) is 3.83. The van der Waals surface area contributed by atoms with Crippen LogP contribution in [0.4, 0.5) is 18.9 Å². The van der Waals surface area contributed by atoms with Crippen LogP contribution in [0, 0.1) is 0 Å². The Morgan fingerprint density at radius 3 is 2.59 bits per heavy atom. The van der Waals surface area contributed by atoms with E-state index in [9.17, 15) is 18.0 Å². The van der Waals surface area contributed by atoms with Crippen LogP contribution in [0.5, 0.6) is 0 Å². The molecule has 0 saturated carbocycles. The van der Waals surface area contributed by atoms with E-state index in [-0.39, 0.29) is 17.1 Å². The zero-order chi connectivity index (χ0) is 20.4. The van der Waals surface area contributed by atoms with Gasteiger partial charge in [-0.15, -0.1) is 0 Å². The topological polar surface area (TPSA) is 90.5 Å². The fraction of sp³-hybridized carbons (Fsp3) is 0.0556. The highest BCUT2D eigenvalue weighted by Crippen LogP contribution is 2.35. The van der Waals surface area contributed by atoms with Crippen molar-refractivity contribution in [1.29, 1.82) is 0 Å². The summed E-state index contributed by atoms with van der Waals surface area (Å²) in [7, 11) is 0. The molecule has 0 radical (unpaired) electrons. The Kier molecular flexibility index (Phi) is 4.55. The highest BCUT2D eigenvalue weighted by molar-refractivity contribution is 6.03. The van der Waals surface area contributed by atoms with Crippen LogP contribution >= 0.6 is 0 Å². The minimum atomic E-state index is -4.65. The first kappa shape index (κ1) is 18.3. The number of benzene rings is 1. The van der Waals surface area contributed by atoms with Crippen LogP contribution in [0.1, 0.15) is 16.1 Å². The summed E-state index contributed by atoms with van der Waals surface area (Å²) >= 11 is 0. The fourth-order valence-corrected chi connectivity index (χ4v) is 2.65. The monoisotopic (exact) mass is 399 g/mol. The second-order valence-corrected chi connectivity index (χ2v) is 5.86. The molecule has 0 unspecified atom stereocenters. The number of nitrogens with one attached hydrogen (secondary N) is 1. The molecule has 0 bridgehead atoms. The maximum absolute atomic E-state index is 13.5. The summed E-state index contributed by atoms with van der Waals surface area (Å²) in [6.07, 6.45) is 0.855. The van der Waals surface area contributed by atoms with Crippen LogP contribution in [-0.4, -0.2) is 35.4 Å². The molecule has 1 N–H and O–H groups in total. The van der Waals surface area contributed by atoms with Crippen LogP contribution in [-0.2, 0) is 6.18 Å². The van der Waals surface area contributed by atoms with Gasteiger partial charge in [-0.25, -0.2) is 19.3 Å². The molecule has 29 heavy (non-hydrogen) atoms. The summed E-state index contributed by atoms with van der Waals surface area (Å²) in [6, 6.07) is 9.81. The minimum absolute atomic E-state index is 0.0301. The molecular formula is C18H12F3N7O. The molecule has 0 fully saturated rings. The summed E-state index contributed by atoms with van der Waals surface area (Å²) in [5, 5.41) is 10.2. The molecule has 3 aromatic heterocycles. The lowest BCUT2D eigenvalue weighted by Crippen LogP contribution is -2.17. The molecule has 4 rings (SSSR count). The predicted molar refractivity (Wildman–Crippen MR) is 95.7 cm³/mol. The van der Waals surface area contributed by atoms with Crippen molar-refractivity contribution < 1.29 is 18.0 Å². The number of carbonyl (C=O) groups is 1. The molecule has 11 heteroatoms. The summed E-state index contributed by atoms with van der Waals surface area (Å²) in [4.78, 5) is 20.3. The van der Waals surface area contributed by atoms with E-state index in [0.717, 1.165) is 23.4 Å². The standard InChI is InChI=1S/C18H12F3N7O/c19-18(20,21)13-9-12(5-6-15(13)28-11-22-10-24-28)25-17(29)14-3-1-4-16(26-14)27-8-2-7-23-27/h1-11H,(H,25,29). The van der Waals surface area contributed by atoms with Crippen LogP contribution in [0.25, 0.3) is 11.5 Å². The van der Waals surface area contributed by atoms with Gasteiger partial charge in [-0.1, -0.05) is 6.07 Å². The SMILES string of the molecule is O=C(Nc1ccc(-n2cncn2)c(C(F)(F)F)c1)c1cccc(-n2cccn2)n1. The molecule has 0 saturated heterocycles. The van der Waals surface area contributed by atoms with Gasteiger partial charge >= 0.3 is 6.18 Å². The van der Waals surface area contributed by atoms with Gasteiger partial charge in [0.2, 0.25) is 0 Å². The number of alkyl halides is 3. The van der Waals surface area contributed by atoms with Crippen LogP contribution in [0.15, 0.2) is 67.5 Å². The Morgan fingerprint density at radius 1 is 1.03 bits per heavy atom. The minimum Gasteiger partial charge on any atom is -0.321 e. The van der Waals surface area contributed by atoms with Crippen LogP contribution < -0.4 is 5.32 Å². The summed E-state index contributed by atoms with van der Waals surface area (Å²) < 4.78 is 43.0. The van der Waals surface area contributed by atoms with E-state index in [2.05, 4.69) is 25.5 Å². The van der Waals surface area contributed by atoms with Gasteiger partial charge in [-0.2, -0.15) is 23.4 Å². The molecular weight excluding hydrogens is 387 g/mol. The van der Waals surface area contributed by atoms with Crippen molar-refractivity contribution in [3.05, 3.63) is 78.8 Å². The van der Waals surface area contributed by atoms with E-state index in [1.54, 1.807) is 30.6 Å². The van der Waals surface area contributed by atoms with Gasteiger partial charge in [0, 0.05) is 18.1 Å². The zero-order valence-electron chi connectivity index (χ0n) is 14.6. The summed E-state index contributed by atoms with van der Waals surface area (Å²) in [5.74, 6) is -0.249. The highest BCUT2D eigenvalue weighted by atomic mass is 19.4. The number of halogens is 3. The largest absolute Gasteiger partial charge is 0.418 e. The Bertz CT molecular complexity index is 1140. The molecule has 8 nitrogen and oxygen atoms in total. The van der Waals surface area contributed by atoms with Crippen molar-refractivity contribution >= 4 is 11.6 Å². The first-order valence-corrected chi connectivity index (χ1v) is 8.26. The lowest BCUT2D eigenvalue weighted by atomic mass is 10.1. The number of rotatable bonds is 4. The predicted octanol–water partition coefficient (Wildman–Crippen LogP) is 3.12. The molecule has 3 heterocycles. The lowest BCUT2D eigenvalue weighted by Gasteiger charge is -2.14. The average Bonchev–Trinajstić information content (AvgIpc) is 3.41. The highest BCUT2D eigenvalue weighted by Gasteiger charge is 2.34. The number of nitrogens with zero attached hydrogens (tertiary/aromatic N) is 6. The Balaban J connectivity index is 1.63. The number of pyridine rings is 1. The normalized spacial score (nSPS) is 11.4. The van der Waals surface area contributed by atoms with E-state index in [1.807, 2.05) is 0 Å². The number of carbonyl (C=O) groups excluding carboxylic acids is 1. The molecule has 146 valence electrons. The number of hydrogen-bond donors (Lipinski definition) is 1. The van der Waals surface area contributed by atoms with Gasteiger partial charge in [-0.3, -0.25) is 4.79 Å². The van der Waals surface area contributed by atoms with E-state index in [0.29, 0.717) is 5.82 Å². The molecule has 0 spiro atoms. The maximum atomic E-state index is 13.5. The first-order chi connectivity index (χ1) is 13.9. The molecule has 0 aliphatic heterocycles. The van der Waals surface area contributed by atoms with Gasteiger partial charge in [0.15, 0.2) is 5.82 Å². The molecule has 0 atom stereocenters. The van der Waals surface area contributed by atoms with Gasteiger partial charge < -0.3 is 5.32 Å². The summed E-state index contributed by atoms with van der Waals surface area (Å²) in [5.41, 5.74) is -1.16. The second kappa shape index (κ2) is 7.19. The number of anilines is 1. The van der Waals surface area contributed by atoms with E-state index >= 15 is 0 Å². The Morgan fingerprint density at radius 2 is 1.90 bits per heavy atom. The Labute approximate surface area is 161 Å². The van der Waals surface area contributed by atoms with Crippen molar-refractivity contribution in [2.24, 2.45) is 0 Å². The average molecular weight is 399 g/mol. The van der Waals surface area contributed by atoms with Gasteiger partial charge in [-0.05, 0) is 36.4 Å². The second-order valence-electron chi connectivity index (χ2n) is 5.86. The van der Waals surface area contributed by atoms with E-state index in [1.165, 1.54) is 22.9 Å². The third-order valence-corrected chi connectivity index (χ3v) is 3.93.